The van der Waals surface area contributed by atoms with Crippen LogP contribution in [0.1, 0.15) is 23.1 Å². The molecule has 0 fully saturated rings. The summed E-state index contributed by atoms with van der Waals surface area (Å²) in [6.45, 7) is 3.16. The van der Waals surface area contributed by atoms with Gasteiger partial charge in [-0.2, -0.15) is 0 Å². The van der Waals surface area contributed by atoms with Crippen LogP contribution in [0.2, 0.25) is 0 Å². The molecule has 122 valence electrons. The van der Waals surface area contributed by atoms with Crippen molar-refractivity contribution in [2.24, 2.45) is 0 Å². The molecule has 0 saturated carbocycles. The van der Waals surface area contributed by atoms with E-state index in [2.05, 4.69) is 18.3 Å². The largest absolute Gasteiger partial charge is 0.489 e. The second-order valence-corrected chi connectivity index (χ2v) is 5.47. The highest BCUT2D eigenvalue weighted by molar-refractivity contribution is 5.78. The van der Waals surface area contributed by atoms with Crippen molar-refractivity contribution < 1.29 is 14.6 Å². The zero-order chi connectivity index (χ0) is 16.5. The molecule has 0 aliphatic rings. The number of ether oxygens (including phenoxy) is 1. The summed E-state index contributed by atoms with van der Waals surface area (Å²) in [4.78, 5) is 11.8. The van der Waals surface area contributed by atoms with Gasteiger partial charge in [-0.15, -0.1) is 0 Å². The number of carbonyl (C=O) groups is 1. The molecule has 0 saturated heterocycles. The molecule has 4 nitrogen and oxygen atoms in total. The Balaban J connectivity index is 1.89. The lowest BCUT2D eigenvalue weighted by atomic mass is 10.1. The number of hydrogen-bond acceptors (Lipinski definition) is 3. The molecule has 0 heterocycles. The first-order valence-electron chi connectivity index (χ1n) is 7.83. The summed E-state index contributed by atoms with van der Waals surface area (Å²) in [6.07, 6.45) is 0.887. The molecule has 0 radical (unpaired) electrons. The van der Waals surface area contributed by atoms with E-state index in [1.807, 2.05) is 42.5 Å². The standard InChI is InChI=1S/C19H23NO3/c1-15-6-2-3-8-17(15)14-23-18-9-4-7-16(12-18)13-19(22)20-10-5-11-21/h2-4,6-9,12,21H,5,10-11,13-14H2,1H3,(H,20,22). The molecule has 0 atom stereocenters. The number of hydrogen-bond donors (Lipinski definition) is 2. The number of aryl methyl sites for hydroxylation is 1. The normalized spacial score (nSPS) is 10.3. The van der Waals surface area contributed by atoms with E-state index in [1.165, 1.54) is 5.56 Å². The minimum Gasteiger partial charge on any atom is -0.489 e. The van der Waals surface area contributed by atoms with Gasteiger partial charge in [0.25, 0.3) is 0 Å². The second-order valence-electron chi connectivity index (χ2n) is 5.47. The van der Waals surface area contributed by atoms with Crippen molar-refractivity contribution in [3.05, 3.63) is 65.2 Å². The molecule has 0 bridgehead atoms. The highest BCUT2D eigenvalue weighted by Gasteiger charge is 2.05. The first-order chi connectivity index (χ1) is 11.2. The van der Waals surface area contributed by atoms with Crippen LogP contribution in [0.25, 0.3) is 0 Å². The molecule has 0 aliphatic carbocycles. The van der Waals surface area contributed by atoms with E-state index in [-0.39, 0.29) is 12.5 Å². The van der Waals surface area contributed by atoms with Crippen molar-refractivity contribution in [2.75, 3.05) is 13.2 Å². The summed E-state index contributed by atoms with van der Waals surface area (Å²) < 4.78 is 5.83. The van der Waals surface area contributed by atoms with Gasteiger partial charge in [-0.3, -0.25) is 4.79 Å². The van der Waals surface area contributed by atoms with Crippen molar-refractivity contribution in [3.8, 4) is 5.75 Å². The van der Waals surface area contributed by atoms with Gasteiger partial charge < -0.3 is 15.2 Å². The average Bonchev–Trinajstić information content (AvgIpc) is 2.55. The van der Waals surface area contributed by atoms with Gasteiger partial charge in [0.15, 0.2) is 0 Å². The monoisotopic (exact) mass is 313 g/mol. The van der Waals surface area contributed by atoms with Crippen LogP contribution < -0.4 is 10.1 Å². The Morgan fingerprint density at radius 2 is 2.00 bits per heavy atom. The predicted octanol–water partition coefficient (Wildman–Crippen LogP) is 2.62. The zero-order valence-corrected chi connectivity index (χ0v) is 13.4. The smallest absolute Gasteiger partial charge is 0.224 e. The van der Waals surface area contributed by atoms with Crippen molar-refractivity contribution in [1.29, 1.82) is 0 Å². The van der Waals surface area contributed by atoms with Gasteiger partial charge in [0.2, 0.25) is 5.91 Å². The maximum atomic E-state index is 11.8. The molecule has 2 aromatic carbocycles. The number of aliphatic hydroxyl groups is 1. The number of nitrogens with one attached hydrogen (secondary N) is 1. The minimum atomic E-state index is -0.0468. The van der Waals surface area contributed by atoms with Gasteiger partial charge >= 0.3 is 0 Å². The lowest BCUT2D eigenvalue weighted by Gasteiger charge is -2.10. The molecule has 2 rings (SSSR count). The van der Waals surface area contributed by atoms with Crippen LogP contribution in [-0.4, -0.2) is 24.2 Å². The number of rotatable bonds is 8. The summed E-state index contributed by atoms with van der Waals surface area (Å²) in [7, 11) is 0. The van der Waals surface area contributed by atoms with Crippen LogP contribution in [0.5, 0.6) is 5.75 Å². The fourth-order valence-electron chi connectivity index (χ4n) is 2.23. The quantitative estimate of drug-likeness (QED) is 0.737. The SMILES string of the molecule is Cc1ccccc1COc1cccc(CC(=O)NCCCO)c1. The maximum absolute atomic E-state index is 11.8. The fraction of sp³-hybridized carbons (Fsp3) is 0.316. The van der Waals surface area contributed by atoms with Crippen LogP contribution in [0.3, 0.4) is 0 Å². The summed E-state index contributed by atoms with van der Waals surface area (Å²) in [5.41, 5.74) is 3.26. The minimum absolute atomic E-state index is 0.0468. The van der Waals surface area contributed by atoms with E-state index in [9.17, 15) is 4.79 Å². The van der Waals surface area contributed by atoms with Crippen LogP contribution in [-0.2, 0) is 17.8 Å². The molecule has 2 N–H and O–H groups in total. The Morgan fingerprint density at radius 1 is 1.17 bits per heavy atom. The molecular formula is C19H23NO3. The van der Waals surface area contributed by atoms with E-state index >= 15 is 0 Å². The highest BCUT2D eigenvalue weighted by Crippen LogP contribution is 2.17. The third-order valence-corrected chi connectivity index (χ3v) is 3.58. The van der Waals surface area contributed by atoms with Gasteiger partial charge in [-0.25, -0.2) is 0 Å². The average molecular weight is 313 g/mol. The molecule has 2 aromatic rings. The van der Waals surface area contributed by atoms with E-state index < -0.39 is 0 Å². The third-order valence-electron chi connectivity index (χ3n) is 3.58. The second kappa shape index (κ2) is 8.96. The number of aliphatic hydroxyl groups excluding tert-OH is 1. The van der Waals surface area contributed by atoms with Crippen LogP contribution in [0.15, 0.2) is 48.5 Å². The van der Waals surface area contributed by atoms with Crippen LogP contribution in [0, 0.1) is 6.92 Å². The number of benzene rings is 2. The Labute approximate surface area is 137 Å². The predicted molar refractivity (Wildman–Crippen MR) is 90.4 cm³/mol. The zero-order valence-electron chi connectivity index (χ0n) is 13.4. The van der Waals surface area contributed by atoms with Crippen LogP contribution in [0.4, 0.5) is 0 Å². The van der Waals surface area contributed by atoms with E-state index in [1.54, 1.807) is 0 Å². The maximum Gasteiger partial charge on any atom is 0.224 e. The Morgan fingerprint density at radius 3 is 2.78 bits per heavy atom. The van der Waals surface area contributed by atoms with E-state index in [0.29, 0.717) is 26.0 Å². The first kappa shape index (κ1) is 17.0. The molecule has 0 aliphatic heterocycles. The molecule has 4 heteroatoms. The lowest BCUT2D eigenvalue weighted by molar-refractivity contribution is -0.120. The van der Waals surface area contributed by atoms with Gasteiger partial charge in [-0.05, 0) is 42.2 Å². The Bertz CT molecular complexity index is 640. The van der Waals surface area contributed by atoms with Gasteiger partial charge in [0.1, 0.15) is 12.4 Å². The molecule has 1 amide bonds. The van der Waals surface area contributed by atoms with E-state index in [0.717, 1.165) is 16.9 Å². The summed E-state index contributed by atoms with van der Waals surface area (Å²) in [5, 5.41) is 11.5. The van der Waals surface area contributed by atoms with E-state index in [4.69, 9.17) is 9.84 Å². The van der Waals surface area contributed by atoms with Crippen molar-refractivity contribution >= 4 is 5.91 Å². The Hall–Kier alpha value is -2.33. The highest BCUT2D eigenvalue weighted by atomic mass is 16.5. The van der Waals surface area contributed by atoms with Crippen molar-refractivity contribution in [2.45, 2.75) is 26.4 Å². The third kappa shape index (κ3) is 5.75. The molecule has 0 unspecified atom stereocenters. The topological polar surface area (TPSA) is 58.6 Å². The molecule has 0 aromatic heterocycles. The van der Waals surface area contributed by atoms with Gasteiger partial charge in [-0.1, -0.05) is 36.4 Å². The molecule has 23 heavy (non-hydrogen) atoms. The lowest BCUT2D eigenvalue weighted by Crippen LogP contribution is -2.26. The summed E-state index contributed by atoms with van der Waals surface area (Å²) in [6, 6.07) is 15.7. The fourth-order valence-corrected chi connectivity index (χ4v) is 2.23. The summed E-state index contributed by atoms with van der Waals surface area (Å²) in [5.74, 6) is 0.711. The van der Waals surface area contributed by atoms with Crippen LogP contribution >= 0.6 is 0 Å². The summed E-state index contributed by atoms with van der Waals surface area (Å²) >= 11 is 0. The van der Waals surface area contributed by atoms with Crippen molar-refractivity contribution in [3.63, 3.8) is 0 Å². The van der Waals surface area contributed by atoms with Gasteiger partial charge in [0.05, 0.1) is 6.42 Å². The Kier molecular flexibility index (Phi) is 6.63. The van der Waals surface area contributed by atoms with Crippen molar-refractivity contribution in [1.82, 2.24) is 5.32 Å². The first-order valence-corrected chi connectivity index (χ1v) is 7.83. The number of carbonyl (C=O) groups excluding carboxylic acids is 1. The molecule has 0 spiro atoms. The number of amides is 1. The molecular weight excluding hydrogens is 290 g/mol. The van der Waals surface area contributed by atoms with Gasteiger partial charge in [0, 0.05) is 13.2 Å².